The Morgan fingerprint density at radius 1 is 1.23 bits per heavy atom. The highest BCUT2D eigenvalue weighted by atomic mass is 32.2. The quantitative estimate of drug-likeness (QED) is 0.633. The Balaban J connectivity index is 1.96. The van der Waals surface area contributed by atoms with E-state index >= 15 is 0 Å². The summed E-state index contributed by atoms with van der Waals surface area (Å²) in [5, 5.41) is 21.7. The van der Waals surface area contributed by atoms with Crippen LogP contribution >= 0.6 is 11.8 Å². The van der Waals surface area contributed by atoms with Gasteiger partial charge in [-0.3, -0.25) is 25.2 Å². The van der Waals surface area contributed by atoms with Crippen LogP contribution in [-0.4, -0.2) is 27.3 Å². The molecule has 2 aromatic carbocycles. The van der Waals surface area contributed by atoms with Gasteiger partial charge in [-0.05, 0) is 12.3 Å². The van der Waals surface area contributed by atoms with Gasteiger partial charge in [0.1, 0.15) is 5.70 Å². The molecule has 0 unspecified atom stereocenters. The maximum Gasteiger partial charge on any atom is 0.276 e. The molecule has 1 atom stereocenters. The highest BCUT2D eigenvalue weighted by Gasteiger charge is 2.34. The number of nitro benzene ring substituents is 1. The van der Waals surface area contributed by atoms with Crippen LogP contribution in [0.15, 0.2) is 58.6 Å². The second-order valence-electron chi connectivity index (χ2n) is 5.63. The number of benzene rings is 2. The third-order valence-electron chi connectivity index (χ3n) is 4.09. The van der Waals surface area contributed by atoms with Gasteiger partial charge in [0.15, 0.2) is 11.3 Å². The minimum atomic E-state index is -0.659. The first kappa shape index (κ1) is 16.3. The maximum atomic E-state index is 12.7. The van der Waals surface area contributed by atoms with Crippen molar-refractivity contribution in [3.05, 3.63) is 74.8 Å². The van der Waals surface area contributed by atoms with Gasteiger partial charge in [0, 0.05) is 22.9 Å². The van der Waals surface area contributed by atoms with E-state index in [0.717, 1.165) is 0 Å². The number of fused-ring (bicyclic) bond motifs is 2. The van der Waals surface area contributed by atoms with Gasteiger partial charge < -0.3 is 0 Å². The summed E-state index contributed by atoms with van der Waals surface area (Å²) in [5.74, 6) is -0.276. The van der Waals surface area contributed by atoms with Gasteiger partial charge in [-0.25, -0.2) is 5.01 Å². The number of rotatable bonds is 2. The zero-order valence-corrected chi connectivity index (χ0v) is 14.4. The molecule has 0 spiro atoms. The Morgan fingerprint density at radius 3 is 2.81 bits per heavy atom. The molecule has 0 radical (unpaired) electrons. The predicted molar refractivity (Wildman–Crippen MR) is 97.4 cm³/mol. The lowest BCUT2D eigenvalue weighted by Gasteiger charge is -2.33. The second kappa shape index (κ2) is 6.26. The summed E-state index contributed by atoms with van der Waals surface area (Å²) in [6.45, 7) is 0. The number of nitrogens with zero attached hydrogens (tertiary/aromatic N) is 4. The Kier molecular flexibility index (Phi) is 3.92. The van der Waals surface area contributed by atoms with E-state index < -0.39 is 11.1 Å². The number of nitro groups is 1. The van der Waals surface area contributed by atoms with Crippen molar-refractivity contribution in [3.8, 4) is 0 Å². The van der Waals surface area contributed by atoms with Crippen molar-refractivity contribution in [2.45, 2.75) is 6.17 Å². The van der Waals surface area contributed by atoms with Crippen LogP contribution in [0, 0.1) is 10.1 Å². The molecule has 0 aliphatic carbocycles. The van der Waals surface area contributed by atoms with Gasteiger partial charge in [-0.2, -0.15) is 0 Å². The number of hydrogen-bond acceptors (Lipinski definition) is 7. The number of amidine groups is 1. The molecule has 9 heteroatoms. The van der Waals surface area contributed by atoms with Crippen molar-refractivity contribution >= 4 is 34.2 Å². The summed E-state index contributed by atoms with van der Waals surface area (Å²) >= 11 is 1.30. The molecule has 4 rings (SSSR count). The zero-order chi connectivity index (χ0) is 18.3. The summed E-state index contributed by atoms with van der Waals surface area (Å²) in [6.07, 6.45) is 1.15. The molecule has 1 N–H and O–H groups in total. The zero-order valence-electron chi connectivity index (χ0n) is 13.6. The van der Waals surface area contributed by atoms with Gasteiger partial charge in [0.25, 0.3) is 11.6 Å². The van der Waals surface area contributed by atoms with E-state index in [1.54, 1.807) is 12.1 Å². The molecule has 2 aliphatic rings. The van der Waals surface area contributed by atoms with Crippen molar-refractivity contribution in [1.82, 2.24) is 10.3 Å². The minimum absolute atomic E-state index is 0.0337. The minimum Gasteiger partial charge on any atom is -0.298 e. The average Bonchev–Trinajstić information content (AvgIpc) is 2.67. The summed E-state index contributed by atoms with van der Waals surface area (Å²) in [7, 11) is 0. The van der Waals surface area contributed by atoms with Crippen LogP contribution in [0.5, 0.6) is 0 Å². The molecule has 26 heavy (non-hydrogen) atoms. The molecule has 0 bridgehead atoms. The van der Waals surface area contributed by atoms with Crippen LogP contribution in [0.1, 0.15) is 11.7 Å². The monoisotopic (exact) mass is 367 g/mol. The summed E-state index contributed by atoms with van der Waals surface area (Å²) in [5.41, 5.74) is 0.934. The number of thioether (sulfide) groups is 1. The van der Waals surface area contributed by atoms with Crippen LogP contribution in [0.3, 0.4) is 0 Å². The summed E-state index contributed by atoms with van der Waals surface area (Å²) in [6, 6.07) is 13.5. The van der Waals surface area contributed by atoms with Crippen LogP contribution < -0.4 is 15.9 Å². The Bertz CT molecular complexity index is 1080. The third-order valence-corrected chi connectivity index (χ3v) is 4.66. The molecule has 0 saturated carbocycles. The third kappa shape index (κ3) is 2.62. The van der Waals surface area contributed by atoms with Gasteiger partial charge in [-0.15, -0.1) is 5.10 Å². The van der Waals surface area contributed by atoms with Crippen molar-refractivity contribution < 1.29 is 9.72 Å². The number of amides is 1. The van der Waals surface area contributed by atoms with E-state index in [1.807, 2.05) is 30.5 Å². The number of non-ortho nitro benzene ring substituents is 1. The van der Waals surface area contributed by atoms with E-state index in [4.69, 9.17) is 0 Å². The highest BCUT2D eigenvalue weighted by molar-refractivity contribution is 8.13. The standard InChI is InChI=1S/C17H13N5O3S/c1-26-17-19-16(23)14-12-7-2-3-8-13(12)18-15(21(14)20-17)10-5-4-6-11(9-10)22(24)25/h2-9,15H,1H3,(H,19,20,23)/t15-/m1/s1. The number of carbonyl (C=O) groups excluding carboxylic acids is 1. The molecule has 0 aromatic heterocycles. The molecule has 2 aromatic rings. The molecular weight excluding hydrogens is 354 g/mol. The predicted octanol–water partition coefficient (Wildman–Crippen LogP) is 1.10. The molecule has 2 aliphatic heterocycles. The van der Waals surface area contributed by atoms with Gasteiger partial charge >= 0.3 is 0 Å². The fraction of sp³-hybridized carbons (Fsp3) is 0.118. The van der Waals surface area contributed by atoms with E-state index in [9.17, 15) is 14.9 Å². The number of carbonyl (C=O) groups is 1. The summed E-state index contributed by atoms with van der Waals surface area (Å²) in [4.78, 5) is 28.0. The molecule has 1 amide bonds. The lowest BCUT2D eigenvalue weighted by molar-refractivity contribution is -0.384. The van der Waals surface area contributed by atoms with Crippen LogP contribution in [-0.2, 0) is 4.79 Å². The second-order valence-corrected chi connectivity index (χ2v) is 6.42. The maximum absolute atomic E-state index is 12.7. The number of hydrogen-bond donors (Lipinski definition) is 1. The lowest BCUT2D eigenvalue weighted by Crippen LogP contribution is -2.50. The number of hydrazone groups is 1. The Morgan fingerprint density at radius 2 is 2.04 bits per heavy atom. The molecule has 0 saturated heterocycles. The molecule has 8 nitrogen and oxygen atoms in total. The number of nitrogens with one attached hydrogen (secondary N) is 1. The van der Waals surface area contributed by atoms with Gasteiger partial charge in [0.05, 0.1) is 10.3 Å². The van der Waals surface area contributed by atoms with E-state index in [2.05, 4.69) is 15.4 Å². The van der Waals surface area contributed by atoms with E-state index in [0.29, 0.717) is 27.0 Å². The number of para-hydroxylation sites is 1. The van der Waals surface area contributed by atoms with Crippen LogP contribution in [0.2, 0.25) is 0 Å². The average molecular weight is 367 g/mol. The van der Waals surface area contributed by atoms with Gasteiger partial charge in [0.2, 0.25) is 0 Å². The SMILES string of the molecule is CSC1=NN2C(=c3ccccc3=N[C@H]2c2cccc([N+](=O)[O-])c2)C(=O)N1. The highest BCUT2D eigenvalue weighted by Crippen LogP contribution is 2.31. The molecule has 2 heterocycles. The first-order valence-corrected chi connectivity index (χ1v) is 8.95. The van der Waals surface area contributed by atoms with Gasteiger partial charge in [-0.1, -0.05) is 42.1 Å². The molecule has 130 valence electrons. The normalized spacial score (nSPS) is 18.3. The Hall–Kier alpha value is -3.20. The van der Waals surface area contributed by atoms with Crippen molar-refractivity contribution in [3.63, 3.8) is 0 Å². The van der Waals surface area contributed by atoms with E-state index in [-0.39, 0.29) is 11.6 Å². The summed E-state index contributed by atoms with van der Waals surface area (Å²) < 4.78 is 0. The van der Waals surface area contributed by atoms with Crippen LogP contribution in [0.4, 0.5) is 5.69 Å². The van der Waals surface area contributed by atoms with Crippen molar-refractivity contribution in [2.24, 2.45) is 10.1 Å². The molecular formula is C17H13N5O3S. The topological polar surface area (TPSA) is 100 Å². The smallest absolute Gasteiger partial charge is 0.276 e. The first-order valence-electron chi connectivity index (χ1n) is 7.73. The Labute approximate surface area is 152 Å². The lowest BCUT2D eigenvalue weighted by atomic mass is 10.1. The fourth-order valence-corrected chi connectivity index (χ4v) is 3.30. The molecule has 0 fully saturated rings. The van der Waals surface area contributed by atoms with Crippen LogP contribution in [0.25, 0.3) is 5.70 Å². The van der Waals surface area contributed by atoms with Crippen molar-refractivity contribution in [2.75, 3.05) is 6.26 Å². The first-order chi connectivity index (χ1) is 12.6. The fourth-order valence-electron chi connectivity index (χ4n) is 2.94. The largest absolute Gasteiger partial charge is 0.298 e. The van der Waals surface area contributed by atoms with E-state index in [1.165, 1.54) is 28.9 Å². The van der Waals surface area contributed by atoms with Crippen molar-refractivity contribution in [1.29, 1.82) is 0 Å².